The van der Waals surface area contributed by atoms with E-state index in [0.29, 0.717) is 24.6 Å². The molecule has 2 N–H and O–H groups in total. The Labute approximate surface area is 179 Å². The van der Waals surface area contributed by atoms with Crippen molar-refractivity contribution in [1.29, 1.82) is 0 Å². The van der Waals surface area contributed by atoms with E-state index in [1.165, 1.54) is 6.20 Å². The van der Waals surface area contributed by atoms with Crippen LogP contribution in [-0.2, 0) is 13.0 Å². The highest BCUT2D eigenvalue weighted by molar-refractivity contribution is 14.0. The van der Waals surface area contributed by atoms with Crippen molar-refractivity contribution in [3.05, 3.63) is 54.0 Å². The molecule has 0 radical (unpaired) electrons. The molecule has 2 aromatic rings. The van der Waals surface area contributed by atoms with Crippen LogP contribution in [0, 0.1) is 0 Å². The third kappa shape index (κ3) is 9.20. The van der Waals surface area contributed by atoms with Crippen molar-refractivity contribution in [2.75, 3.05) is 19.7 Å². The SMILES string of the molecule is CCNC(=NCc1cccnc1OCC(F)(F)F)NCCc1ccccn1.I. The Bertz CT molecular complexity index is 729. The average molecular weight is 509 g/mol. The number of alkyl halides is 3. The third-order valence-corrected chi connectivity index (χ3v) is 3.37. The van der Waals surface area contributed by atoms with E-state index in [9.17, 15) is 13.2 Å². The van der Waals surface area contributed by atoms with Crippen molar-refractivity contribution in [1.82, 2.24) is 20.6 Å². The van der Waals surface area contributed by atoms with E-state index in [1.807, 2.05) is 25.1 Å². The van der Waals surface area contributed by atoms with Gasteiger partial charge in [-0.1, -0.05) is 12.1 Å². The first-order valence-electron chi connectivity index (χ1n) is 8.53. The van der Waals surface area contributed by atoms with Crippen LogP contribution in [0.1, 0.15) is 18.2 Å². The van der Waals surface area contributed by atoms with Gasteiger partial charge in [-0.05, 0) is 25.1 Å². The molecule has 2 rings (SSSR count). The molecule has 0 spiro atoms. The lowest BCUT2D eigenvalue weighted by Gasteiger charge is -2.13. The fraction of sp³-hybridized carbons (Fsp3) is 0.389. The lowest BCUT2D eigenvalue weighted by atomic mass is 10.2. The average Bonchev–Trinajstić information content (AvgIpc) is 2.65. The van der Waals surface area contributed by atoms with Crippen LogP contribution in [0.4, 0.5) is 13.2 Å². The first kappa shape index (κ1) is 23.9. The molecule has 0 atom stereocenters. The van der Waals surface area contributed by atoms with Gasteiger partial charge in [0.1, 0.15) is 0 Å². The molecular formula is C18H23F3IN5O. The zero-order valence-corrected chi connectivity index (χ0v) is 17.7. The largest absolute Gasteiger partial charge is 0.468 e. The number of aliphatic imine (C=N–C) groups is 1. The number of guanidine groups is 1. The van der Waals surface area contributed by atoms with Crippen molar-refractivity contribution < 1.29 is 17.9 Å². The molecule has 154 valence electrons. The van der Waals surface area contributed by atoms with Crippen LogP contribution in [0.15, 0.2) is 47.7 Å². The monoisotopic (exact) mass is 509 g/mol. The number of hydrogen-bond acceptors (Lipinski definition) is 4. The molecule has 28 heavy (non-hydrogen) atoms. The highest BCUT2D eigenvalue weighted by Gasteiger charge is 2.29. The van der Waals surface area contributed by atoms with E-state index < -0.39 is 12.8 Å². The highest BCUT2D eigenvalue weighted by atomic mass is 127. The lowest BCUT2D eigenvalue weighted by Crippen LogP contribution is -2.38. The molecule has 0 bridgehead atoms. The Morgan fingerprint density at radius 1 is 1.11 bits per heavy atom. The number of nitrogens with zero attached hydrogens (tertiary/aromatic N) is 3. The Kier molecular flexibility index (Phi) is 10.6. The Hall–Kier alpha value is -2.11. The van der Waals surface area contributed by atoms with Gasteiger partial charge in [0, 0.05) is 43.2 Å². The predicted molar refractivity (Wildman–Crippen MR) is 112 cm³/mol. The van der Waals surface area contributed by atoms with E-state index >= 15 is 0 Å². The quantitative estimate of drug-likeness (QED) is 0.325. The molecule has 10 heteroatoms. The fourth-order valence-electron chi connectivity index (χ4n) is 2.19. The first-order chi connectivity index (χ1) is 13.0. The normalized spacial score (nSPS) is 11.5. The molecule has 0 fully saturated rings. The van der Waals surface area contributed by atoms with Crippen LogP contribution < -0.4 is 15.4 Å². The van der Waals surface area contributed by atoms with E-state index in [4.69, 9.17) is 4.74 Å². The zero-order chi connectivity index (χ0) is 19.5. The molecule has 2 heterocycles. The minimum atomic E-state index is -4.42. The Balaban J connectivity index is 0.00000392. The van der Waals surface area contributed by atoms with Gasteiger partial charge in [0.05, 0.1) is 6.54 Å². The molecule has 0 amide bonds. The minimum Gasteiger partial charge on any atom is -0.468 e. The molecule has 0 saturated heterocycles. The molecule has 0 aliphatic carbocycles. The van der Waals surface area contributed by atoms with Gasteiger partial charge < -0.3 is 15.4 Å². The van der Waals surface area contributed by atoms with E-state index in [2.05, 4.69) is 25.6 Å². The van der Waals surface area contributed by atoms with Gasteiger partial charge in [-0.2, -0.15) is 13.2 Å². The maximum atomic E-state index is 12.4. The number of ether oxygens (including phenoxy) is 1. The summed E-state index contributed by atoms with van der Waals surface area (Å²) in [6.07, 6.45) is -0.577. The number of nitrogens with one attached hydrogen (secondary N) is 2. The summed E-state index contributed by atoms with van der Waals surface area (Å²) in [5.74, 6) is 0.488. The van der Waals surface area contributed by atoms with Gasteiger partial charge >= 0.3 is 6.18 Å². The van der Waals surface area contributed by atoms with Crippen molar-refractivity contribution in [3.8, 4) is 5.88 Å². The van der Waals surface area contributed by atoms with Crippen LogP contribution in [0.25, 0.3) is 0 Å². The van der Waals surface area contributed by atoms with Crippen LogP contribution in [-0.4, -0.2) is 41.8 Å². The van der Waals surface area contributed by atoms with Crippen molar-refractivity contribution in [2.24, 2.45) is 4.99 Å². The Morgan fingerprint density at radius 3 is 2.57 bits per heavy atom. The second kappa shape index (κ2) is 12.4. The second-order valence-electron chi connectivity index (χ2n) is 5.56. The summed E-state index contributed by atoms with van der Waals surface area (Å²) in [4.78, 5) is 12.5. The predicted octanol–water partition coefficient (Wildman–Crippen LogP) is 3.33. The third-order valence-electron chi connectivity index (χ3n) is 3.37. The van der Waals surface area contributed by atoms with Crippen molar-refractivity contribution in [2.45, 2.75) is 26.1 Å². The van der Waals surface area contributed by atoms with Gasteiger partial charge in [0.2, 0.25) is 5.88 Å². The number of pyridine rings is 2. The van der Waals surface area contributed by atoms with Gasteiger partial charge in [-0.25, -0.2) is 9.98 Å². The van der Waals surface area contributed by atoms with Gasteiger partial charge in [0.25, 0.3) is 0 Å². The molecule has 0 saturated carbocycles. The number of rotatable bonds is 8. The topological polar surface area (TPSA) is 71.4 Å². The summed E-state index contributed by atoms with van der Waals surface area (Å²) >= 11 is 0. The van der Waals surface area contributed by atoms with Gasteiger partial charge in [-0.3, -0.25) is 4.98 Å². The number of halogens is 4. The molecule has 0 aliphatic rings. The van der Waals surface area contributed by atoms with Crippen LogP contribution in [0.2, 0.25) is 0 Å². The first-order valence-corrected chi connectivity index (χ1v) is 8.53. The minimum absolute atomic E-state index is 0. The molecule has 6 nitrogen and oxygen atoms in total. The van der Waals surface area contributed by atoms with Crippen molar-refractivity contribution >= 4 is 29.9 Å². The van der Waals surface area contributed by atoms with Crippen LogP contribution >= 0.6 is 24.0 Å². The van der Waals surface area contributed by atoms with E-state index in [1.54, 1.807) is 18.3 Å². The Morgan fingerprint density at radius 2 is 1.89 bits per heavy atom. The van der Waals surface area contributed by atoms with E-state index in [-0.39, 0.29) is 36.4 Å². The molecule has 0 unspecified atom stereocenters. The lowest BCUT2D eigenvalue weighted by molar-refractivity contribution is -0.154. The van der Waals surface area contributed by atoms with Gasteiger partial charge in [0.15, 0.2) is 12.6 Å². The molecular weight excluding hydrogens is 486 g/mol. The maximum Gasteiger partial charge on any atom is 0.422 e. The van der Waals surface area contributed by atoms with Crippen LogP contribution in [0.3, 0.4) is 0 Å². The van der Waals surface area contributed by atoms with Crippen LogP contribution in [0.5, 0.6) is 5.88 Å². The summed E-state index contributed by atoms with van der Waals surface area (Å²) in [6.45, 7) is 1.95. The summed E-state index contributed by atoms with van der Waals surface area (Å²) in [5, 5.41) is 6.26. The smallest absolute Gasteiger partial charge is 0.422 e. The molecule has 2 aromatic heterocycles. The molecule has 0 aliphatic heterocycles. The standard InChI is InChI=1S/C18H22F3N5O.HI/c1-2-22-17(25-11-8-15-7-3-4-9-23-15)26-12-14-6-5-10-24-16(14)27-13-18(19,20)21;/h3-7,9-10H,2,8,11-13H2,1H3,(H2,22,25,26);1H. The number of aromatic nitrogens is 2. The summed E-state index contributed by atoms with van der Waals surface area (Å²) in [6, 6.07) is 8.99. The molecule has 0 aromatic carbocycles. The summed E-state index contributed by atoms with van der Waals surface area (Å²) in [7, 11) is 0. The number of hydrogen-bond donors (Lipinski definition) is 2. The zero-order valence-electron chi connectivity index (χ0n) is 15.4. The highest BCUT2D eigenvalue weighted by Crippen LogP contribution is 2.20. The second-order valence-corrected chi connectivity index (χ2v) is 5.56. The fourth-order valence-corrected chi connectivity index (χ4v) is 2.19. The summed E-state index contributed by atoms with van der Waals surface area (Å²) < 4.78 is 41.9. The van der Waals surface area contributed by atoms with Crippen molar-refractivity contribution in [3.63, 3.8) is 0 Å². The maximum absolute atomic E-state index is 12.4. The van der Waals surface area contributed by atoms with E-state index in [0.717, 1.165) is 12.1 Å². The summed E-state index contributed by atoms with van der Waals surface area (Å²) in [5.41, 5.74) is 1.43. The van der Waals surface area contributed by atoms with Gasteiger partial charge in [-0.15, -0.1) is 24.0 Å².